The van der Waals surface area contributed by atoms with Crippen molar-refractivity contribution in [1.82, 2.24) is 20.3 Å². The minimum Gasteiger partial charge on any atom is -0.399 e. The first-order chi connectivity index (χ1) is 16.0. The van der Waals surface area contributed by atoms with Crippen molar-refractivity contribution in [2.45, 2.75) is 16.5 Å². The van der Waals surface area contributed by atoms with Crippen LogP contribution in [-0.2, 0) is 6.54 Å². The van der Waals surface area contributed by atoms with Crippen LogP contribution in [0.1, 0.15) is 26.4 Å². The Kier molecular flexibility index (Phi) is 7.59. The number of nitrogens with zero attached hydrogens (tertiary/aromatic N) is 2. The van der Waals surface area contributed by atoms with E-state index in [0.717, 1.165) is 11.8 Å². The summed E-state index contributed by atoms with van der Waals surface area (Å²) in [6.45, 7) is 0.0749. The van der Waals surface area contributed by atoms with Gasteiger partial charge in [0.2, 0.25) is 0 Å². The maximum atomic E-state index is 14.1. The second-order valence-electron chi connectivity index (χ2n) is 6.62. The Morgan fingerprint density at radius 2 is 2.03 bits per heavy atom. The third-order valence-corrected chi connectivity index (χ3v) is 5.54. The average Bonchev–Trinajstić information content (AvgIpc) is 3.25. The molecule has 11 heteroatoms. The van der Waals surface area contributed by atoms with Gasteiger partial charge in [0, 0.05) is 39.8 Å². The maximum absolute atomic E-state index is 14.1. The van der Waals surface area contributed by atoms with Crippen molar-refractivity contribution in [3.05, 3.63) is 71.4 Å². The lowest BCUT2D eigenvalue weighted by molar-refractivity contribution is 0.0945. The van der Waals surface area contributed by atoms with Crippen molar-refractivity contribution < 1.29 is 14.0 Å². The van der Waals surface area contributed by atoms with Gasteiger partial charge in [-0.15, -0.1) is 0 Å². The number of carbonyl (C=O) groups is 2. The van der Waals surface area contributed by atoms with Crippen molar-refractivity contribution in [1.29, 1.82) is 0 Å². The first-order valence-corrected chi connectivity index (χ1v) is 10.5. The number of aromatic nitrogens is 3. The molecule has 170 valence electrons. The van der Waals surface area contributed by atoms with Crippen LogP contribution in [0, 0.1) is 5.82 Å². The number of H-pyrrole nitrogens is 1. The molecule has 0 bridgehead atoms. The lowest BCUT2D eigenvalue weighted by Crippen LogP contribution is -2.25. The molecule has 2 aromatic carbocycles. The largest absolute Gasteiger partial charge is 0.399 e. The van der Waals surface area contributed by atoms with E-state index in [-0.39, 0.29) is 23.9 Å². The Balaban J connectivity index is 0.00000149. The summed E-state index contributed by atoms with van der Waals surface area (Å²) in [5.74, 6) is -0.971. The highest BCUT2D eigenvalue weighted by Gasteiger charge is 2.17. The minimum absolute atomic E-state index is 0.0418. The third-order valence-electron chi connectivity index (χ3n) is 4.55. The Hall–Kier alpha value is -3.96. The second-order valence-corrected chi connectivity index (χ2v) is 7.68. The summed E-state index contributed by atoms with van der Waals surface area (Å²) in [4.78, 5) is 35.9. The molecule has 0 radical (unpaired) electrons. The number of nitrogens with one attached hydrogen (secondary N) is 2. The Labute approximate surface area is 193 Å². The van der Waals surface area contributed by atoms with Crippen LogP contribution in [0.3, 0.4) is 0 Å². The molecule has 0 aliphatic carbocycles. The molecule has 9 nitrogen and oxygen atoms in total. The number of rotatable bonds is 6. The van der Waals surface area contributed by atoms with Gasteiger partial charge in [0.05, 0.1) is 6.20 Å². The lowest BCUT2D eigenvalue weighted by Gasteiger charge is -2.09. The van der Waals surface area contributed by atoms with E-state index in [0.29, 0.717) is 43.9 Å². The number of aromatic amines is 1. The van der Waals surface area contributed by atoms with Crippen molar-refractivity contribution >= 4 is 46.4 Å². The van der Waals surface area contributed by atoms with Crippen LogP contribution in [0.25, 0.3) is 10.9 Å². The van der Waals surface area contributed by atoms with Crippen LogP contribution in [0.15, 0.2) is 58.7 Å². The number of hydrogen-bond acceptors (Lipinski definition) is 8. The molecule has 2 heterocycles. The van der Waals surface area contributed by atoms with Crippen LogP contribution in [-0.4, -0.2) is 34.2 Å². The van der Waals surface area contributed by atoms with Crippen molar-refractivity contribution in [3.63, 3.8) is 0 Å². The predicted octanol–water partition coefficient (Wildman–Crippen LogP) is 2.73. The quantitative estimate of drug-likeness (QED) is 0.213. The van der Waals surface area contributed by atoms with Gasteiger partial charge in [0.25, 0.3) is 5.91 Å². The highest BCUT2D eigenvalue weighted by molar-refractivity contribution is 7.99. The number of nitrogens with two attached hydrogens (primary N) is 3. The molecule has 4 rings (SSSR count). The second kappa shape index (κ2) is 10.6. The first kappa shape index (κ1) is 23.7. The van der Waals surface area contributed by atoms with Crippen LogP contribution >= 0.6 is 11.8 Å². The molecule has 4 aromatic rings. The van der Waals surface area contributed by atoms with Gasteiger partial charge in [-0.3, -0.25) is 9.59 Å². The molecule has 0 spiro atoms. The zero-order valence-corrected chi connectivity index (χ0v) is 18.4. The topological polar surface area (TPSA) is 166 Å². The summed E-state index contributed by atoms with van der Waals surface area (Å²) >= 11 is 1.16. The van der Waals surface area contributed by atoms with E-state index in [9.17, 15) is 14.0 Å². The van der Waals surface area contributed by atoms with Gasteiger partial charge in [-0.2, -0.15) is 0 Å². The normalized spacial score (nSPS) is 10.4. The molecule has 0 aliphatic rings. The fourth-order valence-corrected chi connectivity index (χ4v) is 3.90. The van der Waals surface area contributed by atoms with Gasteiger partial charge >= 0.3 is 0 Å². The molecule has 33 heavy (non-hydrogen) atoms. The molecule has 8 N–H and O–H groups in total. The molecular formula is C22H22FN7O2S. The zero-order valence-electron chi connectivity index (χ0n) is 17.6. The highest BCUT2D eigenvalue weighted by Crippen LogP contribution is 2.30. The molecule has 2 aromatic heterocycles. The van der Waals surface area contributed by atoms with Gasteiger partial charge < -0.3 is 27.5 Å². The van der Waals surface area contributed by atoms with Crippen molar-refractivity contribution in [2.24, 2.45) is 5.73 Å². The molecular weight excluding hydrogens is 445 g/mol. The Bertz CT molecular complexity index is 1310. The van der Waals surface area contributed by atoms with Gasteiger partial charge in [0.15, 0.2) is 17.8 Å². The number of carbonyl (C=O) groups excluding carboxylic acids is 2. The number of amides is 1. The number of halogens is 1. The van der Waals surface area contributed by atoms with E-state index in [1.807, 2.05) is 0 Å². The number of hydrogen-bond donors (Lipinski definition) is 5. The number of anilines is 2. The van der Waals surface area contributed by atoms with E-state index >= 15 is 0 Å². The number of aldehydes is 1. The third kappa shape index (κ3) is 5.27. The van der Waals surface area contributed by atoms with E-state index in [1.54, 1.807) is 36.5 Å². The van der Waals surface area contributed by atoms with Crippen LogP contribution in [0.5, 0.6) is 0 Å². The molecule has 0 atom stereocenters. The zero-order chi connectivity index (χ0) is 24.0. The van der Waals surface area contributed by atoms with Crippen LogP contribution < -0.4 is 22.5 Å². The van der Waals surface area contributed by atoms with Crippen LogP contribution in [0.2, 0.25) is 0 Å². The number of benzene rings is 2. The Morgan fingerprint density at radius 1 is 1.24 bits per heavy atom. The van der Waals surface area contributed by atoms with E-state index in [4.69, 9.17) is 11.5 Å². The van der Waals surface area contributed by atoms with Gasteiger partial charge in [-0.1, -0.05) is 17.8 Å². The average molecular weight is 468 g/mol. The lowest BCUT2D eigenvalue weighted by atomic mass is 10.1. The fourth-order valence-electron chi connectivity index (χ4n) is 3.07. The van der Waals surface area contributed by atoms with Gasteiger partial charge in [0.1, 0.15) is 10.8 Å². The fraction of sp³-hybridized carbons (Fsp3) is 0.0909. The number of nitrogen functional groups attached to an aromatic ring is 2. The highest BCUT2D eigenvalue weighted by atomic mass is 32.2. The van der Waals surface area contributed by atoms with E-state index < -0.39 is 5.91 Å². The summed E-state index contributed by atoms with van der Waals surface area (Å²) in [5.41, 5.74) is 18.1. The van der Waals surface area contributed by atoms with Crippen molar-refractivity contribution in [3.8, 4) is 0 Å². The molecule has 1 amide bonds. The standard InChI is InChI=1S/C21H17FN6O2S.CH5N/c22-14-2-1-3-15-18(14)12(7-25-15)8-27-21(30)19-20(24)26-9-17(28-19)31-16-5-4-13(23)6-11(16)10-29;1-2/h1-7,9-10,25H,8,23H2,(H2,24,26)(H,27,30);2H2,1H3. The summed E-state index contributed by atoms with van der Waals surface area (Å²) in [7, 11) is 1.50. The maximum Gasteiger partial charge on any atom is 0.274 e. The summed E-state index contributed by atoms with van der Waals surface area (Å²) in [6, 6.07) is 9.61. The van der Waals surface area contributed by atoms with Crippen LogP contribution in [0.4, 0.5) is 15.9 Å². The van der Waals surface area contributed by atoms with Crippen molar-refractivity contribution in [2.75, 3.05) is 18.5 Å². The van der Waals surface area contributed by atoms with E-state index in [1.165, 1.54) is 19.3 Å². The van der Waals surface area contributed by atoms with Gasteiger partial charge in [-0.25, -0.2) is 14.4 Å². The molecule has 0 saturated heterocycles. The number of fused-ring (bicyclic) bond motifs is 1. The molecule has 0 unspecified atom stereocenters. The minimum atomic E-state index is -0.550. The summed E-state index contributed by atoms with van der Waals surface area (Å²) in [6.07, 6.45) is 3.74. The smallest absolute Gasteiger partial charge is 0.274 e. The predicted molar refractivity (Wildman–Crippen MR) is 126 cm³/mol. The summed E-state index contributed by atoms with van der Waals surface area (Å²) < 4.78 is 14.1. The monoisotopic (exact) mass is 467 g/mol. The van der Waals surface area contributed by atoms with E-state index in [2.05, 4.69) is 26.0 Å². The molecule has 0 aliphatic heterocycles. The molecule has 0 saturated carbocycles. The summed E-state index contributed by atoms with van der Waals surface area (Å²) in [5, 5.41) is 3.49. The first-order valence-electron chi connectivity index (χ1n) is 9.71. The Morgan fingerprint density at radius 3 is 2.79 bits per heavy atom. The van der Waals surface area contributed by atoms with Gasteiger partial charge in [-0.05, 0) is 42.9 Å². The SMILES string of the molecule is CN.Nc1ccc(Sc2cnc(N)c(C(=O)NCc3c[nH]c4cccc(F)c34)n2)c(C=O)c1. The molecule has 0 fully saturated rings.